The number of aromatic nitrogens is 1. The summed E-state index contributed by atoms with van der Waals surface area (Å²) >= 11 is 0. The molecule has 0 atom stereocenters. The molecule has 0 spiro atoms. The molecule has 1 heterocycles. The van der Waals surface area contributed by atoms with Crippen molar-refractivity contribution in [3.8, 4) is 11.3 Å². The van der Waals surface area contributed by atoms with E-state index in [0.717, 1.165) is 17.3 Å². The molecule has 0 bridgehead atoms. The molecule has 0 aliphatic heterocycles. The van der Waals surface area contributed by atoms with Gasteiger partial charge in [-0.3, -0.25) is 0 Å². The van der Waals surface area contributed by atoms with E-state index < -0.39 is 17.2 Å². The van der Waals surface area contributed by atoms with Crippen molar-refractivity contribution >= 4 is 0 Å². The fourth-order valence-electron chi connectivity index (χ4n) is 2.59. The molecule has 0 saturated heterocycles. The van der Waals surface area contributed by atoms with Gasteiger partial charge in [0.1, 0.15) is 0 Å². The van der Waals surface area contributed by atoms with Crippen LogP contribution in [0.1, 0.15) is 30.5 Å². The first-order valence-electron chi connectivity index (χ1n) is 5.91. The monoisotopic (exact) mass is 457 g/mol. The second kappa shape index (κ2) is 4.70. The summed E-state index contributed by atoms with van der Waals surface area (Å²) in [5.74, 6) is 0. The number of fused-ring (bicyclic) bond motifs is 3. The Bertz CT molecular complexity index is 662. The molecular formula is C15H11F3NPt-. The molecule has 108 valence electrons. The molecule has 0 amide bonds. The van der Waals surface area contributed by atoms with Crippen LogP contribution >= 0.6 is 0 Å². The molecule has 5 heteroatoms. The average Bonchev–Trinajstić information content (AvgIpc) is 2.58. The zero-order valence-electron chi connectivity index (χ0n) is 10.8. The standard InChI is InChI=1S/C15H11F3N.Pt/c1-14(2)11-6-4-3-5-10(11)13-12(14)7-9(8-19-13)15(16,17)18;/h3-4,6-8H,1-2H3;/q-1;. The van der Waals surface area contributed by atoms with Crippen LogP contribution < -0.4 is 0 Å². The van der Waals surface area contributed by atoms with Crippen LogP contribution in [0.4, 0.5) is 13.2 Å². The predicted molar refractivity (Wildman–Crippen MR) is 65.6 cm³/mol. The molecule has 3 rings (SSSR count). The van der Waals surface area contributed by atoms with E-state index in [1.165, 1.54) is 6.07 Å². The summed E-state index contributed by atoms with van der Waals surface area (Å²) in [6.45, 7) is 3.82. The third-order valence-electron chi connectivity index (χ3n) is 3.65. The molecule has 0 fully saturated rings. The van der Waals surface area contributed by atoms with Gasteiger partial charge in [-0.2, -0.15) is 13.2 Å². The smallest absolute Gasteiger partial charge is 0.304 e. The Labute approximate surface area is 129 Å². The van der Waals surface area contributed by atoms with Crippen LogP contribution in [0.2, 0.25) is 0 Å². The summed E-state index contributed by atoms with van der Waals surface area (Å²) < 4.78 is 38.4. The van der Waals surface area contributed by atoms with Gasteiger partial charge in [-0.1, -0.05) is 25.5 Å². The Hall–Kier alpha value is -1.15. The van der Waals surface area contributed by atoms with E-state index in [4.69, 9.17) is 0 Å². The van der Waals surface area contributed by atoms with Gasteiger partial charge >= 0.3 is 6.18 Å². The predicted octanol–water partition coefficient (Wildman–Crippen LogP) is 4.20. The average molecular weight is 457 g/mol. The molecule has 1 aliphatic carbocycles. The van der Waals surface area contributed by atoms with Crippen LogP contribution in [0, 0.1) is 6.07 Å². The SMILES string of the molecule is CC1(C)c2ccc[c-]c2-c2ncc(C(F)(F)F)cc21.[Pt]. The number of rotatable bonds is 0. The molecule has 0 saturated carbocycles. The van der Waals surface area contributed by atoms with Crippen LogP contribution in [-0.2, 0) is 32.7 Å². The van der Waals surface area contributed by atoms with E-state index in [2.05, 4.69) is 11.1 Å². The maximum Gasteiger partial charge on any atom is 0.417 e. The Kier molecular flexibility index (Phi) is 3.58. The number of nitrogens with zero attached hydrogens (tertiary/aromatic N) is 1. The minimum absolute atomic E-state index is 0. The number of halogens is 3. The second-order valence-corrected chi connectivity index (χ2v) is 5.20. The quantitative estimate of drug-likeness (QED) is 0.541. The summed E-state index contributed by atoms with van der Waals surface area (Å²) in [6, 6.07) is 9.79. The van der Waals surface area contributed by atoms with Crippen LogP contribution in [0.25, 0.3) is 11.3 Å². The molecule has 1 aromatic carbocycles. The van der Waals surface area contributed by atoms with Gasteiger partial charge < -0.3 is 4.98 Å². The van der Waals surface area contributed by atoms with Crippen molar-refractivity contribution in [2.75, 3.05) is 0 Å². The summed E-state index contributed by atoms with van der Waals surface area (Å²) in [5.41, 5.74) is 1.81. The zero-order chi connectivity index (χ0) is 13.8. The molecule has 1 aromatic heterocycles. The van der Waals surface area contributed by atoms with Crippen molar-refractivity contribution < 1.29 is 34.2 Å². The number of hydrogen-bond donors (Lipinski definition) is 0. The minimum atomic E-state index is -4.36. The molecule has 0 unspecified atom stereocenters. The second-order valence-electron chi connectivity index (χ2n) is 5.20. The van der Waals surface area contributed by atoms with Crippen LogP contribution in [-0.4, -0.2) is 4.98 Å². The third kappa shape index (κ3) is 2.10. The van der Waals surface area contributed by atoms with Gasteiger partial charge in [0.05, 0.1) is 5.56 Å². The fourth-order valence-corrected chi connectivity index (χ4v) is 2.59. The molecule has 2 aromatic rings. The zero-order valence-corrected chi connectivity index (χ0v) is 13.1. The maximum absolute atomic E-state index is 12.8. The number of benzene rings is 1. The fraction of sp³-hybridized carbons (Fsp3) is 0.267. The molecule has 0 N–H and O–H groups in total. The van der Waals surface area contributed by atoms with Crippen molar-refractivity contribution in [1.29, 1.82) is 0 Å². The van der Waals surface area contributed by atoms with Gasteiger partial charge in [-0.25, -0.2) is 0 Å². The first-order chi connectivity index (χ1) is 8.82. The van der Waals surface area contributed by atoms with Gasteiger partial charge in [0, 0.05) is 27.3 Å². The van der Waals surface area contributed by atoms with E-state index >= 15 is 0 Å². The molecular weight excluding hydrogens is 446 g/mol. The van der Waals surface area contributed by atoms with Crippen molar-refractivity contribution in [2.24, 2.45) is 0 Å². The maximum atomic E-state index is 12.8. The molecule has 20 heavy (non-hydrogen) atoms. The minimum Gasteiger partial charge on any atom is -0.304 e. The van der Waals surface area contributed by atoms with Gasteiger partial charge in [0.2, 0.25) is 0 Å². The largest absolute Gasteiger partial charge is 0.417 e. The van der Waals surface area contributed by atoms with Gasteiger partial charge in [-0.05, 0) is 11.1 Å². The third-order valence-corrected chi connectivity index (χ3v) is 3.65. The molecule has 1 aliphatic rings. The van der Waals surface area contributed by atoms with Gasteiger partial charge in [-0.15, -0.1) is 35.4 Å². The number of pyridine rings is 1. The summed E-state index contributed by atoms with van der Waals surface area (Å²) in [4.78, 5) is 4.01. The van der Waals surface area contributed by atoms with E-state index in [-0.39, 0.29) is 21.1 Å². The Morgan fingerprint density at radius 2 is 1.90 bits per heavy atom. The van der Waals surface area contributed by atoms with E-state index in [1.54, 1.807) is 6.07 Å². The Morgan fingerprint density at radius 3 is 2.55 bits per heavy atom. The van der Waals surface area contributed by atoms with Crippen molar-refractivity contribution in [3.63, 3.8) is 0 Å². The van der Waals surface area contributed by atoms with Gasteiger partial charge in [0.25, 0.3) is 0 Å². The molecule has 0 radical (unpaired) electrons. The van der Waals surface area contributed by atoms with Gasteiger partial charge in [0.15, 0.2) is 0 Å². The topological polar surface area (TPSA) is 12.9 Å². The van der Waals surface area contributed by atoms with E-state index in [9.17, 15) is 13.2 Å². The number of alkyl halides is 3. The van der Waals surface area contributed by atoms with Crippen LogP contribution in [0.5, 0.6) is 0 Å². The van der Waals surface area contributed by atoms with Crippen molar-refractivity contribution in [1.82, 2.24) is 4.98 Å². The van der Waals surface area contributed by atoms with Crippen molar-refractivity contribution in [2.45, 2.75) is 25.4 Å². The Balaban J connectivity index is 0.00000147. The summed E-state index contributed by atoms with van der Waals surface area (Å²) in [5, 5.41) is 0. The Morgan fingerprint density at radius 1 is 1.20 bits per heavy atom. The van der Waals surface area contributed by atoms with E-state index in [1.807, 2.05) is 26.0 Å². The molecule has 1 nitrogen and oxygen atoms in total. The van der Waals surface area contributed by atoms with Crippen LogP contribution in [0.15, 0.2) is 30.5 Å². The first-order valence-corrected chi connectivity index (χ1v) is 5.91. The first kappa shape index (κ1) is 15.2. The number of hydrogen-bond acceptors (Lipinski definition) is 1. The van der Waals surface area contributed by atoms with Crippen LogP contribution in [0.3, 0.4) is 0 Å². The summed E-state index contributed by atoms with van der Waals surface area (Å²) in [6.07, 6.45) is -3.47. The summed E-state index contributed by atoms with van der Waals surface area (Å²) in [7, 11) is 0. The van der Waals surface area contributed by atoms with Crippen molar-refractivity contribution in [3.05, 3.63) is 53.2 Å². The van der Waals surface area contributed by atoms with E-state index in [0.29, 0.717) is 11.3 Å². The normalized spacial score (nSPS) is 15.2.